The molecule has 1 amide bonds. The number of likely N-dealkylation sites (tertiary alicyclic amines) is 1. The van der Waals surface area contributed by atoms with Crippen molar-refractivity contribution in [3.8, 4) is 0 Å². The number of amides is 1. The first kappa shape index (κ1) is 13.4. The normalized spacial score (nSPS) is 32.5. The van der Waals surface area contributed by atoms with Crippen LogP contribution in [-0.4, -0.2) is 61.5 Å². The van der Waals surface area contributed by atoms with Gasteiger partial charge in [0, 0.05) is 19.1 Å². The second kappa shape index (κ2) is 5.80. The molecule has 108 valence electrons. The van der Waals surface area contributed by atoms with E-state index in [4.69, 9.17) is 0 Å². The summed E-state index contributed by atoms with van der Waals surface area (Å²) in [7, 11) is 2.12. The number of piperidine rings is 1. The molecule has 0 radical (unpaired) electrons. The standard InChI is InChI=1S/C15H27N3O/c1-17-8-6-13(11-17)15(19)18(14-4-5-14)10-12-3-2-7-16-9-12/h12-14,16H,2-11H2,1H3. The molecule has 0 aromatic carbocycles. The van der Waals surface area contributed by atoms with Crippen molar-refractivity contribution in [2.45, 2.75) is 38.1 Å². The molecule has 3 fully saturated rings. The van der Waals surface area contributed by atoms with E-state index in [0.29, 0.717) is 17.9 Å². The molecule has 1 aliphatic carbocycles. The quantitative estimate of drug-likeness (QED) is 0.821. The highest BCUT2D eigenvalue weighted by molar-refractivity contribution is 5.80. The summed E-state index contributed by atoms with van der Waals surface area (Å²) in [6.07, 6.45) is 6.07. The lowest BCUT2D eigenvalue weighted by atomic mass is 9.98. The van der Waals surface area contributed by atoms with Crippen LogP contribution in [-0.2, 0) is 4.79 Å². The van der Waals surface area contributed by atoms with Gasteiger partial charge in [-0.25, -0.2) is 0 Å². The van der Waals surface area contributed by atoms with Crippen molar-refractivity contribution in [1.82, 2.24) is 15.1 Å². The fraction of sp³-hybridized carbons (Fsp3) is 0.933. The van der Waals surface area contributed by atoms with Gasteiger partial charge in [0.15, 0.2) is 0 Å². The maximum absolute atomic E-state index is 12.7. The third-order valence-corrected chi connectivity index (χ3v) is 4.87. The largest absolute Gasteiger partial charge is 0.339 e. The smallest absolute Gasteiger partial charge is 0.227 e. The molecule has 3 rings (SSSR count). The van der Waals surface area contributed by atoms with E-state index in [2.05, 4.69) is 22.2 Å². The zero-order valence-electron chi connectivity index (χ0n) is 12.1. The Morgan fingerprint density at radius 2 is 2.16 bits per heavy atom. The highest BCUT2D eigenvalue weighted by Gasteiger charge is 2.38. The molecule has 2 atom stereocenters. The molecular weight excluding hydrogens is 238 g/mol. The van der Waals surface area contributed by atoms with E-state index >= 15 is 0 Å². The number of nitrogens with one attached hydrogen (secondary N) is 1. The second-order valence-electron chi connectivity index (χ2n) is 6.68. The van der Waals surface area contributed by atoms with Gasteiger partial charge in [-0.2, -0.15) is 0 Å². The van der Waals surface area contributed by atoms with Crippen LogP contribution in [0.2, 0.25) is 0 Å². The van der Waals surface area contributed by atoms with Gasteiger partial charge < -0.3 is 15.1 Å². The molecule has 2 aliphatic heterocycles. The summed E-state index contributed by atoms with van der Waals surface area (Å²) in [5.74, 6) is 1.39. The van der Waals surface area contributed by atoms with Gasteiger partial charge in [-0.3, -0.25) is 4.79 Å². The fourth-order valence-electron chi connectivity index (χ4n) is 3.53. The minimum Gasteiger partial charge on any atom is -0.339 e. The number of hydrogen-bond donors (Lipinski definition) is 1. The van der Waals surface area contributed by atoms with Crippen molar-refractivity contribution in [1.29, 1.82) is 0 Å². The molecular formula is C15H27N3O. The van der Waals surface area contributed by atoms with Crippen LogP contribution in [0.1, 0.15) is 32.1 Å². The Kier molecular flexibility index (Phi) is 4.08. The molecule has 0 aromatic heterocycles. The predicted octanol–water partition coefficient (Wildman–Crippen LogP) is 0.929. The molecule has 4 heteroatoms. The first-order chi connectivity index (χ1) is 9.24. The van der Waals surface area contributed by atoms with Crippen molar-refractivity contribution >= 4 is 5.91 Å². The molecule has 2 heterocycles. The minimum atomic E-state index is 0.266. The van der Waals surface area contributed by atoms with Gasteiger partial charge >= 0.3 is 0 Å². The Labute approximate surface area is 116 Å². The number of carbonyl (C=O) groups excluding carboxylic acids is 1. The molecule has 1 N–H and O–H groups in total. The van der Waals surface area contributed by atoms with Crippen LogP contribution in [0.4, 0.5) is 0 Å². The summed E-state index contributed by atoms with van der Waals surface area (Å²) in [4.78, 5) is 17.3. The Morgan fingerprint density at radius 3 is 2.74 bits per heavy atom. The Morgan fingerprint density at radius 1 is 1.32 bits per heavy atom. The summed E-state index contributed by atoms with van der Waals surface area (Å²) in [5.41, 5.74) is 0. The van der Waals surface area contributed by atoms with Crippen molar-refractivity contribution < 1.29 is 4.79 Å². The molecule has 2 unspecified atom stereocenters. The van der Waals surface area contributed by atoms with Crippen molar-refractivity contribution in [2.24, 2.45) is 11.8 Å². The Hall–Kier alpha value is -0.610. The first-order valence-corrected chi connectivity index (χ1v) is 7.94. The highest BCUT2D eigenvalue weighted by Crippen LogP contribution is 2.31. The van der Waals surface area contributed by atoms with Crippen LogP contribution < -0.4 is 5.32 Å². The number of hydrogen-bond acceptors (Lipinski definition) is 3. The van der Waals surface area contributed by atoms with E-state index in [1.165, 1.54) is 25.7 Å². The molecule has 4 nitrogen and oxygen atoms in total. The summed E-state index contributed by atoms with van der Waals surface area (Å²) in [5, 5.41) is 3.47. The van der Waals surface area contributed by atoms with E-state index in [9.17, 15) is 4.79 Å². The predicted molar refractivity (Wildman–Crippen MR) is 75.9 cm³/mol. The number of nitrogens with zero attached hydrogens (tertiary/aromatic N) is 2. The molecule has 0 aromatic rings. The van der Waals surface area contributed by atoms with Gasteiger partial charge in [0.05, 0.1) is 5.92 Å². The van der Waals surface area contributed by atoms with Gasteiger partial charge in [0.2, 0.25) is 5.91 Å². The van der Waals surface area contributed by atoms with E-state index in [1.54, 1.807) is 0 Å². The lowest BCUT2D eigenvalue weighted by Gasteiger charge is -2.32. The molecule has 19 heavy (non-hydrogen) atoms. The summed E-state index contributed by atoms with van der Waals surface area (Å²) >= 11 is 0. The molecule has 1 saturated carbocycles. The summed E-state index contributed by atoms with van der Waals surface area (Å²) in [6.45, 7) is 5.30. The first-order valence-electron chi connectivity index (χ1n) is 7.94. The van der Waals surface area contributed by atoms with Gasteiger partial charge in [-0.05, 0) is 64.7 Å². The maximum atomic E-state index is 12.7. The average Bonchev–Trinajstić information content (AvgIpc) is 3.18. The van der Waals surface area contributed by atoms with Crippen molar-refractivity contribution in [3.63, 3.8) is 0 Å². The van der Waals surface area contributed by atoms with Gasteiger partial charge in [0.1, 0.15) is 0 Å². The number of carbonyl (C=O) groups is 1. The Bertz CT molecular complexity index is 323. The second-order valence-corrected chi connectivity index (χ2v) is 6.68. The lowest BCUT2D eigenvalue weighted by molar-refractivity contribution is -0.136. The molecule has 0 spiro atoms. The van der Waals surface area contributed by atoms with Crippen LogP contribution >= 0.6 is 0 Å². The number of rotatable bonds is 4. The Balaban J connectivity index is 1.58. The molecule has 3 aliphatic rings. The molecule has 2 saturated heterocycles. The maximum Gasteiger partial charge on any atom is 0.227 e. The van der Waals surface area contributed by atoms with Gasteiger partial charge in [-0.1, -0.05) is 0 Å². The van der Waals surface area contributed by atoms with Crippen LogP contribution in [0.25, 0.3) is 0 Å². The third kappa shape index (κ3) is 3.29. The van der Waals surface area contributed by atoms with Crippen LogP contribution in [0.5, 0.6) is 0 Å². The zero-order chi connectivity index (χ0) is 13.2. The van der Waals surface area contributed by atoms with Crippen LogP contribution in [0.15, 0.2) is 0 Å². The van der Waals surface area contributed by atoms with Gasteiger partial charge in [-0.15, -0.1) is 0 Å². The highest BCUT2D eigenvalue weighted by atomic mass is 16.2. The lowest BCUT2D eigenvalue weighted by Crippen LogP contribution is -2.44. The van der Waals surface area contributed by atoms with Gasteiger partial charge in [0.25, 0.3) is 0 Å². The van der Waals surface area contributed by atoms with E-state index in [1.807, 2.05) is 0 Å². The fourth-order valence-corrected chi connectivity index (χ4v) is 3.53. The van der Waals surface area contributed by atoms with Crippen molar-refractivity contribution in [3.05, 3.63) is 0 Å². The third-order valence-electron chi connectivity index (χ3n) is 4.87. The molecule has 0 bridgehead atoms. The topological polar surface area (TPSA) is 35.6 Å². The minimum absolute atomic E-state index is 0.266. The van der Waals surface area contributed by atoms with Crippen LogP contribution in [0, 0.1) is 11.8 Å². The summed E-state index contributed by atoms with van der Waals surface area (Å²) < 4.78 is 0. The zero-order valence-corrected chi connectivity index (χ0v) is 12.1. The summed E-state index contributed by atoms with van der Waals surface area (Å²) in [6, 6.07) is 0.570. The van der Waals surface area contributed by atoms with Crippen LogP contribution in [0.3, 0.4) is 0 Å². The monoisotopic (exact) mass is 265 g/mol. The average molecular weight is 265 g/mol. The van der Waals surface area contributed by atoms with E-state index < -0.39 is 0 Å². The van der Waals surface area contributed by atoms with E-state index in [0.717, 1.165) is 39.1 Å². The van der Waals surface area contributed by atoms with Crippen molar-refractivity contribution in [2.75, 3.05) is 39.8 Å². The van der Waals surface area contributed by atoms with E-state index in [-0.39, 0.29) is 5.92 Å². The SMILES string of the molecule is CN1CCC(C(=O)N(CC2CCCNC2)C2CC2)C1.